The smallest absolute Gasteiger partial charge is 0.186 e. The molecule has 6 nitrogen and oxygen atoms in total. The van der Waals surface area contributed by atoms with Crippen molar-refractivity contribution < 1.29 is 4.74 Å². The zero-order chi connectivity index (χ0) is 14.2. The van der Waals surface area contributed by atoms with Crippen LogP contribution in [0.15, 0.2) is 18.2 Å². The summed E-state index contributed by atoms with van der Waals surface area (Å²) in [5.74, 6) is 1.35. The number of hydrogen-bond acceptors (Lipinski definition) is 5. The SMILES string of the molecule is COc1c(N)cccc1-c1nnnn1C1(C)CCCC1. The third-order valence-electron chi connectivity index (χ3n) is 4.15. The summed E-state index contributed by atoms with van der Waals surface area (Å²) in [6.07, 6.45) is 4.61. The average Bonchev–Trinajstić information content (AvgIpc) is 3.07. The molecule has 0 spiro atoms. The molecule has 0 saturated heterocycles. The molecule has 2 N–H and O–H groups in total. The normalized spacial score (nSPS) is 17.3. The van der Waals surface area contributed by atoms with Crippen molar-refractivity contribution in [2.45, 2.75) is 38.1 Å². The van der Waals surface area contributed by atoms with Crippen LogP contribution in [-0.2, 0) is 5.54 Å². The van der Waals surface area contributed by atoms with Gasteiger partial charge in [0.15, 0.2) is 11.6 Å². The van der Waals surface area contributed by atoms with Crippen LogP contribution in [0.25, 0.3) is 11.4 Å². The summed E-state index contributed by atoms with van der Waals surface area (Å²) in [6.45, 7) is 2.21. The summed E-state index contributed by atoms with van der Waals surface area (Å²) in [4.78, 5) is 0. The van der Waals surface area contributed by atoms with Crippen molar-refractivity contribution >= 4 is 5.69 Å². The lowest BCUT2D eigenvalue weighted by atomic mass is 10.0. The summed E-state index contributed by atoms with van der Waals surface area (Å²) in [7, 11) is 1.61. The van der Waals surface area contributed by atoms with Crippen molar-refractivity contribution in [1.29, 1.82) is 0 Å². The van der Waals surface area contributed by atoms with E-state index in [-0.39, 0.29) is 5.54 Å². The molecule has 106 valence electrons. The van der Waals surface area contributed by atoms with Crippen LogP contribution in [0.1, 0.15) is 32.6 Å². The molecule has 6 heteroatoms. The van der Waals surface area contributed by atoms with Crippen molar-refractivity contribution in [3.05, 3.63) is 18.2 Å². The fraction of sp³-hybridized carbons (Fsp3) is 0.500. The molecule has 0 amide bonds. The van der Waals surface area contributed by atoms with E-state index < -0.39 is 0 Å². The first kappa shape index (κ1) is 12.9. The summed E-state index contributed by atoms with van der Waals surface area (Å²) in [6, 6.07) is 5.65. The van der Waals surface area contributed by atoms with Gasteiger partial charge in [0, 0.05) is 0 Å². The molecule has 0 aliphatic heterocycles. The average molecular weight is 273 g/mol. The van der Waals surface area contributed by atoms with E-state index in [4.69, 9.17) is 10.5 Å². The second kappa shape index (κ2) is 4.77. The van der Waals surface area contributed by atoms with Crippen molar-refractivity contribution in [2.24, 2.45) is 0 Å². The lowest BCUT2D eigenvalue weighted by Gasteiger charge is -2.25. The highest BCUT2D eigenvalue weighted by Gasteiger charge is 2.34. The molecule has 1 fully saturated rings. The van der Waals surface area contributed by atoms with Crippen molar-refractivity contribution in [1.82, 2.24) is 20.2 Å². The Bertz CT molecular complexity index is 616. The fourth-order valence-corrected chi connectivity index (χ4v) is 3.03. The first-order valence-electron chi connectivity index (χ1n) is 6.87. The van der Waals surface area contributed by atoms with Crippen molar-refractivity contribution in [3.8, 4) is 17.1 Å². The Hall–Kier alpha value is -2.11. The molecule has 20 heavy (non-hydrogen) atoms. The van der Waals surface area contributed by atoms with Gasteiger partial charge in [0.05, 0.1) is 23.9 Å². The molecule has 0 unspecified atom stereocenters. The predicted molar refractivity (Wildman–Crippen MR) is 76.3 cm³/mol. The van der Waals surface area contributed by atoms with Gasteiger partial charge in [-0.2, -0.15) is 0 Å². The van der Waals surface area contributed by atoms with E-state index in [2.05, 4.69) is 22.4 Å². The fourth-order valence-electron chi connectivity index (χ4n) is 3.03. The Labute approximate surface area is 117 Å². The van der Waals surface area contributed by atoms with Crippen LogP contribution in [0, 0.1) is 0 Å². The highest BCUT2D eigenvalue weighted by Crippen LogP contribution is 2.40. The van der Waals surface area contributed by atoms with Crippen LogP contribution in [0.3, 0.4) is 0 Å². The van der Waals surface area contributed by atoms with E-state index in [1.54, 1.807) is 7.11 Å². The second-order valence-electron chi connectivity index (χ2n) is 5.55. The molecular weight excluding hydrogens is 254 g/mol. The topological polar surface area (TPSA) is 78.8 Å². The Morgan fingerprint density at radius 2 is 2.05 bits per heavy atom. The van der Waals surface area contributed by atoms with E-state index in [1.165, 1.54) is 12.8 Å². The summed E-state index contributed by atoms with van der Waals surface area (Å²) >= 11 is 0. The molecule has 1 aliphatic carbocycles. The molecule has 1 aromatic carbocycles. The maximum absolute atomic E-state index is 5.97. The number of tetrazole rings is 1. The minimum atomic E-state index is -0.0194. The van der Waals surface area contributed by atoms with Gasteiger partial charge >= 0.3 is 0 Å². The van der Waals surface area contributed by atoms with E-state index >= 15 is 0 Å². The number of para-hydroxylation sites is 1. The highest BCUT2D eigenvalue weighted by molar-refractivity contribution is 5.73. The first-order valence-corrected chi connectivity index (χ1v) is 6.87. The highest BCUT2D eigenvalue weighted by atomic mass is 16.5. The maximum Gasteiger partial charge on any atom is 0.186 e. The van der Waals surface area contributed by atoms with E-state index in [0.29, 0.717) is 11.4 Å². The quantitative estimate of drug-likeness (QED) is 0.867. The summed E-state index contributed by atoms with van der Waals surface area (Å²) in [5, 5.41) is 12.3. The Morgan fingerprint density at radius 1 is 1.30 bits per heavy atom. The Kier molecular flexibility index (Phi) is 3.08. The van der Waals surface area contributed by atoms with Crippen LogP contribution >= 0.6 is 0 Å². The lowest BCUT2D eigenvalue weighted by molar-refractivity contribution is 0.292. The van der Waals surface area contributed by atoms with Crippen molar-refractivity contribution in [3.63, 3.8) is 0 Å². The molecule has 0 radical (unpaired) electrons. The van der Waals surface area contributed by atoms with Gasteiger partial charge in [-0.25, -0.2) is 4.68 Å². The molecule has 0 atom stereocenters. The third-order valence-corrected chi connectivity index (χ3v) is 4.15. The lowest BCUT2D eigenvalue weighted by Crippen LogP contribution is -2.28. The Balaban J connectivity index is 2.13. The summed E-state index contributed by atoms with van der Waals surface area (Å²) in [5.41, 5.74) is 7.38. The van der Waals surface area contributed by atoms with Gasteiger partial charge in [-0.05, 0) is 42.3 Å². The number of ether oxygens (including phenoxy) is 1. The number of hydrogen-bond donors (Lipinski definition) is 1. The molecule has 2 aromatic rings. The van der Waals surface area contributed by atoms with Gasteiger partial charge in [0.2, 0.25) is 0 Å². The number of methoxy groups -OCH3 is 1. The van der Waals surface area contributed by atoms with Gasteiger partial charge in [-0.1, -0.05) is 18.9 Å². The standard InChI is InChI=1S/C14H19N5O/c1-14(8-3-4-9-14)19-13(16-17-18-19)10-6-5-7-11(15)12(10)20-2/h5-7H,3-4,8-9,15H2,1-2H3. The third kappa shape index (κ3) is 1.92. The number of rotatable bonds is 3. The molecule has 1 aliphatic rings. The molecule has 1 heterocycles. The van der Waals surface area contributed by atoms with Crippen molar-refractivity contribution in [2.75, 3.05) is 12.8 Å². The zero-order valence-corrected chi connectivity index (χ0v) is 11.8. The van der Waals surface area contributed by atoms with Gasteiger partial charge in [0.1, 0.15) is 0 Å². The second-order valence-corrected chi connectivity index (χ2v) is 5.55. The molecule has 1 aromatic heterocycles. The number of aromatic nitrogens is 4. The molecule has 1 saturated carbocycles. The van der Waals surface area contributed by atoms with Gasteiger partial charge in [-0.15, -0.1) is 5.10 Å². The van der Waals surface area contributed by atoms with Crippen LogP contribution in [0.4, 0.5) is 5.69 Å². The van der Waals surface area contributed by atoms with Gasteiger partial charge in [0.25, 0.3) is 0 Å². The monoisotopic (exact) mass is 273 g/mol. The summed E-state index contributed by atoms with van der Waals surface area (Å²) < 4.78 is 7.34. The first-order chi connectivity index (χ1) is 9.65. The van der Waals surface area contributed by atoms with Crippen LogP contribution in [-0.4, -0.2) is 27.3 Å². The van der Waals surface area contributed by atoms with E-state index in [1.807, 2.05) is 22.9 Å². The zero-order valence-electron chi connectivity index (χ0n) is 11.8. The van der Waals surface area contributed by atoms with Gasteiger partial charge < -0.3 is 10.5 Å². The largest absolute Gasteiger partial charge is 0.494 e. The maximum atomic E-state index is 5.97. The predicted octanol–water partition coefficient (Wildman–Crippen LogP) is 2.22. The van der Waals surface area contributed by atoms with Crippen LogP contribution in [0.5, 0.6) is 5.75 Å². The molecule has 3 rings (SSSR count). The number of nitrogens with zero attached hydrogens (tertiary/aromatic N) is 4. The minimum Gasteiger partial charge on any atom is -0.494 e. The minimum absolute atomic E-state index is 0.0194. The number of benzene rings is 1. The van der Waals surface area contributed by atoms with E-state index in [0.717, 1.165) is 24.2 Å². The Morgan fingerprint density at radius 3 is 2.75 bits per heavy atom. The number of anilines is 1. The number of nitrogens with two attached hydrogens (primary N) is 1. The van der Waals surface area contributed by atoms with Crippen LogP contribution in [0.2, 0.25) is 0 Å². The van der Waals surface area contributed by atoms with Crippen LogP contribution < -0.4 is 10.5 Å². The van der Waals surface area contributed by atoms with E-state index in [9.17, 15) is 0 Å². The number of nitrogen functional groups attached to an aromatic ring is 1. The molecular formula is C14H19N5O. The molecule has 0 bridgehead atoms. The van der Waals surface area contributed by atoms with Gasteiger partial charge in [-0.3, -0.25) is 0 Å².